The van der Waals surface area contributed by atoms with E-state index < -0.39 is 42.7 Å². The molecule has 2 fully saturated rings. The third-order valence-electron chi connectivity index (χ3n) is 5.87. The molecule has 2 aromatic carbocycles. The fourth-order valence-corrected chi connectivity index (χ4v) is 4.11. The number of rotatable bonds is 6. The number of nitrogens with one attached hydrogen (secondary N) is 1. The van der Waals surface area contributed by atoms with Gasteiger partial charge in [0.25, 0.3) is 5.91 Å². The fraction of sp³-hybridized carbons (Fsp3) is 0.360. The lowest BCUT2D eigenvalue weighted by Crippen LogP contribution is -2.52. The molecule has 34 heavy (non-hydrogen) atoms. The average molecular weight is 469 g/mol. The van der Waals surface area contributed by atoms with Crippen LogP contribution in [-0.2, 0) is 38.7 Å². The number of hydrogen-bond acceptors (Lipinski definition) is 6. The summed E-state index contributed by atoms with van der Waals surface area (Å²) in [5, 5.41) is 2.24. The lowest BCUT2D eigenvalue weighted by atomic mass is 10.0. The number of imide groups is 1. The van der Waals surface area contributed by atoms with E-state index in [1.807, 2.05) is 0 Å². The smallest absolute Gasteiger partial charge is 0.255 e. The van der Waals surface area contributed by atoms with Crippen LogP contribution < -0.4 is 10.1 Å². The number of piperidine rings is 1. The lowest BCUT2D eigenvalue weighted by molar-refractivity contribution is -0.143. The summed E-state index contributed by atoms with van der Waals surface area (Å²) in [6.07, 6.45) is 0.287. The van der Waals surface area contributed by atoms with Gasteiger partial charge in [-0.1, -0.05) is 30.3 Å². The number of hydrogen-bond donors (Lipinski definition) is 1. The van der Waals surface area contributed by atoms with Crippen molar-refractivity contribution in [2.45, 2.75) is 38.5 Å². The van der Waals surface area contributed by atoms with E-state index in [0.717, 1.165) is 11.0 Å². The Balaban J connectivity index is 1.38. The highest BCUT2D eigenvalue weighted by Crippen LogP contribution is 2.34. The molecule has 3 aliphatic heterocycles. The van der Waals surface area contributed by atoms with Crippen LogP contribution in [0.4, 0.5) is 0 Å². The van der Waals surface area contributed by atoms with Crippen molar-refractivity contribution in [2.75, 3.05) is 19.8 Å². The topological polar surface area (TPSA) is 105 Å². The molecule has 3 aliphatic rings. The lowest BCUT2D eigenvalue weighted by Gasteiger charge is -2.29. The molecule has 4 amide bonds. The Hall–Kier alpha value is -3.72. The van der Waals surface area contributed by atoms with Gasteiger partial charge >= 0.3 is 0 Å². The minimum atomic E-state index is -2.48. The van der Waals surface area contributed by atoms with Crippen LogP contribution >= 0.6 is 0 Å². The van der Waals surface area contributed by atoms with E-state index in [2.05, 4.69) is 5.32 Å². The van der Waals surface area contributed by atoms with Crippen molar-refractivity contribution in [3.63, 3.8) is 0 Å². The summed E-state index contributed by atoms with van der Waals surface area (Å²) in [6, 6.07) is 7.12. The summed E-state index contributed by atoms with van der Waals surface area (Å²) in [7, 11) is 0. The van der Waals surface area contributed by atoms with Gasteiger partial charge in [-0.05, 0) is 29.7 Å². The van der Waals surface area contributed by atoms with Crippen LogP contribution in [0.15, 0.2) is 42.4 Å². The molecule has 2 saturated heterocycles. The molecule has 0 spiro atoms. The standard InChI is InChI=1S/C25H25N3O6/c29-22-9-8-20(24(31)26-22)28-13-19-18(25(28)32)2-1-3-21(19)34-14-17-6-4-16(5-7-17)12-27-10-11-33-15-23(27)30/h1-7,20H,8-15H2,(H,26,29,31)/i4D,12D2,14D2. The minimum absolute atomic E-state index is 0.0108. The molecule has 0 aromatic heterocycles. The van der Waals surface area contributed by atoms with Gasteiger partial charge in [-0.15, -0.1) is 0 Å². The van der Waals surface area contributed by atoms with E-state index in [9.17, 15) is 19.2 Å². The van der Waals surface area contributed by atoms with Crippen LogP contribution in [0.2, 0.25) is 0 Å². The van der Waals surface area contributed by atoms with Crippen LogP contribution in [0.3, 0.4) is 0 Å². The van der Waals surface area contributed by atoms with Gasteiger partial charge in [-0.2, -0.15) is 0 Å². The van der Waals surface area contributed by atoms with Crippen molar-refractivity contribution in [3.8, 4) is 5.75 Å². The molecule has 1 unspecified atom stereocenters. The second kappa shape index (κ2) is 9.26. The minimum Gasteiger partial charge on any atom is -0.489 e. The number of ether oxygens (including phenoxy) is 2. The van der Waals surface area contributed by atoms with Crippen LogP contribution in [-0.4, -0.2) is 59.2 Å². The first-order valence-corrected chi connectivity index (χ1v) is 10.9. The summed E-state index contributed by atoms with van der Waals surface area (Å²) < 4.78 is 53.2. The zero-order valence-electron chi connectivity index (χ0n) is 23.1. The largest absolute Gasteiger partial charge is 0.489 e. The van der Waals surface area contributed by atoms with Crippen molar-refractivity contribution in [3.05, 3.63) is 64.7 Å². The highest BCUT2D eigenvalue weighted by molar-refractivity contribution is 6.05. The van der Waals surface area contributed by atoms with Crippen LogP contribution in [0.1, 0.15) is 46.7 Å². The zero-order valence-corrected chi connectivity index (χ0v) is 18.1. The third kappa shape index (κ3) is 4.38. The summed E-state index contributed by atoms with van der Waals surface area (Å²) in [4.78, 5) is 51.4. The highest BCUT2D eigenvalue weighted by atomic mass is 16.5. The number of fused-ring (bicyclic) bond motifs is 1. The Kier molecular flexibility index (Phi) is 4.58. The van der Waals surface area contributed by atoms with Gasteiger partial charge < -0.3 is 19.3 Å². The molecule has 3 heterocycles. The van der Waals surface area contributed by atoms with Gasteiger partial charge in [0.05, 0.1) is 20.0 Å². The van der Waals surface area contributed by atoms with Crippen LogP contribution in [0, 0.1) is 0 Å². The number of amides is 4. The highest BCUT2D eigenvalue weighted by Gasteiger charge is 2.40. The van der Waals surface area contributed by atoms with Crippen molar-refractivity contribution < 1.29 is 35.5 Å². The number of carbonyl (C=O) groups excluding carboxylic acids is 4. The summed E-state index contributed by atoms with van der Waals surface area (Å²) >= 11 is 0. The molecule has 5 rings (SSSR count). The molecule has 1 atom stereocenters. The van der Waals surface area contributed by atoms with Crippen molar-refractivity contribution in [1.29, 1.82) is 0 Å². The van der Waals surface area contributed by atoms with Gasteiger partial charge in [0.15, 0.2) is 0 Å². The molecule has 0 bridgehead atoms. The molecule has 0 radical (unpaired) electrons. The Morgan fingerprint density at radius 2 is 2.00 bits per heavy atom. The molecular weight excluding hydrogens is 438 g/mol. The predicted molar refractivity (Wildman–Crippen MR) is 119 cm³/mol. The number of benzene rings is 2. The summed E-state index contributed by atoms with van der Waals surface area (Å²) in [5.74, 6) is -1.87. The Bertz CT molecular complexity index is 1380. The monoisotopic (exact) mass is 468 g/mol. The van der Waals surface area contributed by atoms with Gasteiger partial charge in [-0.25, -0.2) is 0 Å². The first-order valence-electron chi connectivity index (χ1n) is 13.4. The third-order valence-corrected chi connectivity index (χ3v) is 5.87. The second-order valence-electron chi connectivity index (χ2n) is 8.09. The van der Waals surface area contributed by atoms with E-state index in [0.29, 0.717) is 5.56 Å². The van der Waals surface area contributed by atoms with Crippen LogP contribution in [0.5, 0.6) is 5.75 Å². The van der Waals surface area contributed by atoms with Gasteiger partial charge in [0.1, 0.15) is 25.0 Å². The Morgan fingerprint density at radius 1 is 1.15 bits per heavy atom. The van der Waals surface area contributed by atoms with Gasteiger partial charge in [0.2, 0.25) is 17.7 Å². The maximum Gasteiger partial charge on any atom is 0.255 e. The van der Waals surface area contributed by atoms with E-state index >= 15 is 0 Å². The molecular formula is C25H25N3O6. The number of morpholine rings is 1. The van der Waals surface area contributed by atoms with Gasteiger partial charge in [-0.3, -0.25) is 24.5 Å². The van der Waals surface area contributed by atoms with Crippen molar-refractivity contribution >= 4 is 23.6 Å². The van der Waals surface area contributed by atoms with Crippen molar-refractivity contribution in [1.82, 2.24) is 15.1 Å². The van der Waals surface area contributed by atoms with E-state index in [1.54, 1.807) is 6.07 Å². The van der Waals surface area contributed by atoms with Crippen molar-refractivity contribution in [2.24, 2.45) is 0 Å². The number of carbonyl (C=O) groups is 4. The molecule has 9 nitrogen and oxygen atoms in total. The first kappa shape index (κ1) is 16.8. The van der Waals surface area contributed by atoms with E-state index in [4.69, 9.17) is 16.3 Å². The fourth-order valence-electron chi connectivity index (χ4n) is 4.11. The molecule has 176 valence electrons. The quantitative estimate of drug-likeness (QED) is 0.643. The maximum atomic E-state index is 13.1. The SMILES string of the molecule is [2H]c1cc(C([2H])([2H])Oc2cccc3c2CN(C2CCC(=O)NC2=O)C3=O)ccc1C([2H])([2H])N1CCOCC1=O. The average Bonchev–Trinajstić information content (AvgIpc) is 3.21. The normalized spacial score (nSPS) is 23.4. The van der Waals surface area contributed by atoms with E-state index in [-0.39, 0.29) is 67.6 Å². The molecule has 0 saturated carbocycles. The zero-order chi connectivity index (χ0) is 28.1. The molecule has 0 aliphatic carbocycles. The molecule has 1 N–H and O–H groups in total. The second-order valence-corrected chi connectivity index (χ2v) is 8.09. The first-order chi connectivity index (χ1) is 18.4. The molecule has 9 heteroatoms. The van der Waals surface area contributed by atoms with E-state index in [1.165, 1.54) is 29.2 Å². The van der Waals surface area contributed by atoms with Gasteiger partial charge in [0, 0.05) is 30.6 Å². The van der Waals surface area contributed by atoms with Crippen LogP contribution in [0.25, 0.3) is 0 Å². The Morgan fingerprint density at radius 3 is 2.79 bits per heavy atom. The summed E-state index contributed by atoms with van der Waals surface area (Å²) in [6.45, 7) is -4.86. The predicted octanol–water partition coefficient (Wildman–Crippen LogP) is 1.39. The molecule has 2 aromatic rings. The maximum absolute atomic E-state index is 13.1. The summed E-state index contributed by atoms with van der Waals surface area (Å²) in [5.41, 5.74) is 0.474. The Labute approximate surface area is 203 Å². The number of nitrogens with zero attached hydrogens (tertiary/aromatic N) is 2.